The van der Waals surface area contributed by atoms with E-state index in [0.29, 0.717) is 34.7 Å². The minimum atomic E-state index is -0.827. The number of hydrazine groups is 1. The van der Waals surface area contributed by atoms with Crippen LogP contribution in [0.4, 0.5) is 5.69 Å². The molecule has 2 aromatic carbocycles. The van der Waals surface area contributed by atoms with Gasteiger partial charge in [-0.15, -0.1) is 0 Å². The largest absolute Gasteiger partial charge is 0.315 e. The number of amides is 4. The second-order valence-electron chi connectivity index (χ2n) is 7.68. The van der Waals surface area contributed by atoms with Gasteiger partial charge >= 0.3 is 0 Å². The molecule has 0 radical (unpaired) electrons. The van der Waals surface area contributed by atoms with Crippen LogP contribution in [-0.4, -0.2) is 40.7 Å². The maximum absolute atomic E-state index is 13.1. The van der Waals surface area contributed by atoms with Crippen LogP contribution in [0.15, 0.2) is 48.5 Å². The molecule has 2 aromatic rings. The molecule has 0 aromatic heterocycles. The van der Waals surface area contributed by atoms with E-state index in [0.717, 1.165) is 0 Å². The fourth-order valence-corrected chi connectivity index (χ4v) is 4.34. The molecule has 31 heavy (non-hydrogen) atoms. The number of anilines is 1. The van der Waals surface area contributed by atoms with Gasteiger partial charge in [0.2, 0.25) is 11.8 Å². The molecule has 0 bridgehead atoms. The molecule has 4 amide bonds. The van der Waals surface area contributed by atoms with E-state index in [1.54, 1.807) is 52.3 Å². The van der Waals surface area contributed by atoms with E-state index in [1.165, 1.54) is 6.07 Å². The number of carbonyl (C=O) groups excluding carboxylic acids is 4. The van der Waals surface area contributed by atoms with Crippen molar-refractivity contribution in [1.82, 2.24) is 15.8 Å². The molecule has 1 unspecified atom stereocenters. The van der Waals surface area contributed by atoms with Crippen molar-refractivity contribution in [3.63, 3.8) is 0 Å². The van der Waals surface area contributed by atoms with Gasteiger partial charge in [-0.2, -0.15) is 0 Å². The predicted molar refractivity (Wildman–Crippen MR) is 114 cm³/mol. The molecule has 0 saturated carbocycles. The lowest BCUT2D eigenvalue weighted by Gasteiger charge is -2.48. The first-order valence-corrected chi connectivity index (χ1v) is 10.3. The molecule has 2 N–H and O–H groups in total. The fourth-order valence-electron chi connectivity index (χ4n) is 4.15. The van der Waals surface area contributed by atoms with Crippen LogP contribution in [0.3, 0.4) is 0 Å². The van der Waals surface area contributed by atoms with Crippen molar-refractivity contribution in [2.24, 2.45) is 0 Å². The van der Waals surface area contributed by atoms with E-state index in [-0.39, 0.29) is 24.8 Å². The van der Waals surface area contributed by atoms with Crippen LogP contribution < -0.4 is 15.8 Å². The number of hydrogen-bond acceptors (Lipinski definition) is 4. The molecule has 0 aliphatic carbocycles. The van der Waals surface area contributed by atoms with Crippen LogP contribution >= 0.6 is 11.6 Å². The molecule has 1 atom stereocenters. The van der Waals surface area contributed by atoms with Crippen LogP contribution in [0.1, 0.15) is 46.9 Å². The highest BCUT2D eigenvalue weighted by Gasteiger charge is 2.52. The first kappa shape index (κ1) is 20.9. The first-order chi connectivity index (χ1) is 14.8. The van der Waals surface area contributed by atoms with Crippen molar-refractivity contribution in [3.8, 4) is 0 Å². The van der Waals surface area contributed by atoms with E-state index >= 15 is 0 Å². The molecule has 1 fully saturated rings. The Hall–Kier alpha value is -3.39. The first-order valence-electron chi connectivity index (χ1n) is 9.90. The summed E-state index contributed by atoms with van der Waals surface area (Å²) in [6.45, 7) is 1.94. The summed E-state index contributed by atoms with van der Waals surface area (Å²) in [4.78, 5) is 53.4. The molecule has 8 nitrogen and oxygen atoms in total. The quantitative estimate of drug-likeness (QED) is 0.713. The van der Waals surface area contributed by atoms with Gasteiger partial charge in [0.1, 0.15) is 5.66 Å². The van der Waals surface area contributed by atoms with Crippen molar-refractivity contribution in [2.45, 2.75) is 31.8 Å². The van der Waals surface area contributed by atoms with Crippen LogP contribution in [0.2, 0.25) is 5.02 Å². The molecule has 160 valence electrons. The zero-order valence-corrected chi connectivity index (χ0v) is 17.6. The summed E-state index contributed by atoms with van der Waals surface area (Å²) in [6.07, 6.45) is 0.775. The van der Waals surface area contributed by atoms with Gasteiger partial charge in [-0.25, -0.2) is 0 Å². The number of benzene rings is 2. The van der Waals surface area contributed by atoms with Crippen molar-refractivity contribution in [2.75, 3.05) is 11.4 Å². The highest BCUT2D eigenvalue weighted by Crippen LogP contribution is 2.43. The highest BCUT2D eigenvalue weighted by atomic mass is 35.5. The van der Waals surface area contributed by atoms with Crippen molar-refractivity contribution >= 4 is 40.9 Å². The number of nitrogens with one attached hydrogen (secondary N) is 2. The summed E-state index contributed by atoms with van der Waals surface area (Å²) < 4.78 is 0. The Morgan fingerprint density at radius 2 is 1.87 bits per heavy atom. The SMILES string of the molecule is CC12CCC(=O)N1c1ccccc1C(=O)N2CCC(=O)NNC(=O)c1cccc(Cl)c1. The highest BCUT2D eigenvalue weighted by molar-refractivity contribution is 6.31. The van der Waals surface area contributed by atoms with Crippen LogP contribution in [0, 0.1) is 0 Å². The summed E-state index contributed by atoms with van der Waals surface area (Å²) in [5, 5.41) is 0.409. The molecule has 1 saturated heterocycles. The van der Waals surface area contributed by atoms with Gasteiger partial charge in [-0.1, -0.05) is 29.8 Å². The van der Waals surface area contributed by atoms with E-state index in [9.17, 15) is 19.2 Å². The van der Waals surface area contributed by atoms with Gasteiger partial charge in [0.25, 0.3) is 11.8 Å². The molecule has 9 heteroatoms. The zero-order chi connectivity index (χ0) is 22.2. The minimum absolute atomic E-state index is 0.0403. The summed E-state index contributed by atoms with van der Waals surface area (Å²) in [5.41, 5.74) is 5.21. The third-order valence-electron chi connectivity index (χ3n) is 5.71. The Bertz CT molecular complexity index is 1090. The number of nitrogens with zero attached hydrogens (tertiary/aromatic N) is 2. The van der Waals surface area contributed by atoms with E-state index < -0.39 is 17.5 Å². The Morgan fingerprint density at radius 3 is 2.65 bits per heavy atom. The standard InChI is InChI=1S/C22H21ClN4O4/c1-22-11-9-19(29)27(22)17-8-3-2-7-16(17)21(31)26(22)12-10-18(28)24-25-20(30)14-5-4-6-15(23)13-14/h2-8,13H,9-12H2,1H3,(H,24,28)(H,25,30). The molecule has 2 heterocycles. The van der Waals surface area contributed by atoms with E-state index in [4.69, 9.17) is 11.6 Å². The van der Waals surface area contributed by atoms with Gasteiger partial charge in [0.15, 0.2) is 0 Å². The third kappa shape index (κ3) is 3.74. The smallest absolute Gasteiger partial charge is 0.269 e. The lowest BCUT2D eigenvalue weighted by atomic mass is 9.98. The fraction of sp³-hybridized carbons (Fsp3) is 0.273. The lowest BCUT2D eigenvalue weighted by molar-refractivity contribution is -0.122. The maximum atomic E-state index is 13.1. The molecular formula is C22H21ClN4O4. The molecular weight excluding hydrogens is 420 g/mol. The van der Waals surface area contributed by atoms with Gasteiger partial charge < -0.3 is 4.90 Å². The maximum Gasteiger partial charge on any atom is 0.269 e. The molecule has 2 aliphatic rings. The zero-order valence-electron chi connectivity index (χ0n) is 16.9. The number of hydrogen-bond donors (Lipinski definition) is 2. The van der Waals surface area contributed by atoms with Crippen LogP contribution in [-0.2, 0) is 9.59 Å². The number of carbonyl (C=O) groups is 4. The normalized spacial score (nSPS) is 19.7. The monoisotopic (exact) mass is 440 g/mol. The van der Waals surface area contributed by atoms with Gasteiger partial charge in [-0.3, -0.25) is 34.9 Å². The van der Waals surface area contributed by atoms with Crippen molar-refractivity contribution in [3.05, 3.63) is 64.7 Å². The molecule has 4 rings (SSSR count). The summed E-state index contributed by atoms with van der Waals surface area (Å²) >= 11 is 5.87. The third-order valence-corrected chi connectivity index (χ3v) is 5.95. The summed E-state index contributed by atoms with van der Waals surface area (Å²) in [7, 11) is 0. The second-order valence-corrected chi connectivity index (χ2v) is 8.12. The van der Waals surface area contributed by atoms with E-state index in [2.05, 4.69) is 10.9 Å². The number of fused-ring (bicyclic) bond motifs is 3. The Labute approximate surface area is 184 Å². The van der Waals surface area contributed by atoms with Crippen LogP contribution in [0.5, 0.6) is 0 Å². The Kier molecular flexibility index (Phi) is 5.41. The lowest BCUT2D eigenvalue weighted by Crippen LogP contribution is -2.62. The Balaban J connectivity index is 1.43. The van der Waals surface area contributed by atoms with Crippen molar-refractivity contribution < 1.29 is 19.2 Å². The predicted octanol–water partition coefficient (Wildman–Crippen LogP) is 2.49. The number of rotatable bonds is 4. The van der Waals surface area contributed by atoms with Crippen LogP contribution in [0.25, 0.3) is 0 Å². The van der Waals surface area contributed by atoms with Gasteiger partial charge in [-0.05, 0) is 43.7 Å². The molecule has 2 aliphatic heterocycles. The summed E-state index contributed by atoms with van der Waals surface area (Å²) in [5.74, 6) is -1.23. The van der Waals surface area contributed by atoms with Crippen molar-refractivity contribution in [1.29, 1.82) is 0 Å². The molecule has 0 spiro atoms. The van der Waals surface area contributed by atoms with E-state index in [1.807, 2.05) is 6.92 Å². The minimum Gasteiger partial charge on any atom is -0.315 e. The van der Waals surface area contributed by atoms with Gasteiger partial charge in [0.05, 0.1) is 11.3 Å². The van der Waals surface area contributed by atoms with Gasteiger partial charge in [0, 0.05) is 30.0 Å². The average Bonchev–Trinajstić information content (AvgIpc) is 3.07. The second kappa shape index (κ2) is 8.03. The Morgan fingerprint density at radius 1 is 1.10 bits per heavy atom. The number of para-hydroxylation sites is 1. The topological polar surface area (TPSA) is 98.8 Å². The average molecular weight is 441 g/mol. The number of halogens is 1. The summed E-state index contributed by atoms with van der Waals surface area (Å²) in [6, 6.07) is 13.3.